The molecule has 0 aliphatic carbocycles. The standard InChI is InChI=1S/C19H25FN2O2/c1-24-15-4-5-16-13(9-15)6-8-21-12-14-3-2-7-22(19(23)11-20)17(14)10-18(16)21/h4-5,9,14,17-18H,2-3,6-8,10-12H2,1H3. The molecule has 4 rings (SSSR count). The van der Waals surface area contributed by atoms with Crippen LogP contribution in [-0.2, 0) is 11.2 Å². The van der Waals surface area contributed by atoms with Gasteiger partial charge in [-0.1, -0.05) is 6.07 Å². The Morgan fingerprint density at radius 2 is 2.25 bits per heavy atom. The summed E-state index contributed by atoms with van der Waals surface area (Å²) < 4.78 is 18.3. The van der Waals surface area contributed by atoms with Gasteiger partial charge < -0.3 is 9.64 Å². The Morgan fingerprint density at radius 3 is 3.04 bits per heavy atom. The summed E-state index contributed by atoms with van der Waals surface area (Å²) in [6, 6.07) is 6.88. The summed E-state index contributed by atoms with van der Waals surface area (Å²) in [6.07, 6.45) is 4.13. The molecule has 3 aliphatic heterocycles. The molecule has 3 heterocycles. The number of halogens is 1. The van der Waals surface area contributed by atoms with Gasteiger partial charge in [0.25, 0.3) is 5.91 Å². The van der Waals surface area contributed by atoms with Gasteiger partial charge in [0, 0.05) is 31.7 Å². The van der Waals surface area contributed by atoms with Crippen molar-refractivity contribution in [2.24, 2.45) is 5.92 Å². The van der Waals surface area contributed by atoms with Crippen molar-refractivity contribution in [2.45, 2.75) is 37.8 Å². The van der Waals surface area contributed by atoms with Crippen LogP contribution in [0.25, 0.3) is 0 Å². The first-order valence-electron chi connectivity index (χ1n) is 8.97. The first-order chi connectivity index (χ1) is 11.7. The van der Waals surface area contributed by atoms with Gasteiger partial charge in [-0.05, 0) is 54.9 Å². The van der Waals surface area contributed by atoms with Crippen molar-refractivity contribution in [2.75, 3.05) is 33.4 Å². The number of nitrogens with zero attached hydrogens (tertiary/aromatic N) is 2. The van der Waals surface area contributed by atoms with Crippen LogP contribution in [0.1, 0.15) is 36.4 Å². The zero-order valence-corrected chi connectivity index (χ0v) is 14.2. The van der Waals surface area contributed by atoms with E-state index in [1.165, 1.54) is 11.1 Å². The number of ether oxygens (including phenoxy) is 1. The van der Waals surface area contributed by atoms with E-state index in [1.54, 1.807) is 7.11 Å². The predicted octanol–water partition coefficient (Wildman–Crippen LogP) is 2.57. The van der Waals surface area contributed by atoms with Gasteiger partial charge in [0.05, 0.1) is 7.11 Å². The molecule has 0 bridgehead atoms. The molecule has 3 aliphatic rings. The Kier molecular flexibility index (Phi) is 4.21. The van der Waals surface area contributed by atoms with E-state index in [4.69, 9.17) is 4.74 Å². The maximum atomic E-state index is 13.0. The zero-order chi connectivity index (χ0) is 16.7. The van der Waals surface area contributed by atoms with Crippen LogP contribution in [0.15, 0.2) is 18.2 Å². The lowest BCUT2D eigenvalue weighted by Crippen LogP contribution is -2.57. The quantitative estimate of drug-likeness (QED) is 0.834. The average molecular weight is 332 g/mol. The van der Waals surface area contributed by atoms with Gasteiger partial charge in [-0.25, -0.2) is 4.39 Å². The molecule has 0 N–H and O–H groups in total. The molecule has 24 heavy (non-hydrogen) atoms. The van der Waals surface area contributed by atoms with Gasteiger partial charge in [-0.2, -0.15) is 0 Å². The van der Waals surface area contributed by atoms with Crippen LogP contribution < -0.4 is 4.74 Å². The smallest absolute Gasteiger partial charge is 0.254 e. The SMILES string of the molecule is COc1ccc2c(c1)CCN1CC3CCCN(C(=O)CF)C3CC21. The molecular weight excluding hydrogens is 307 g/mol. The Labute approximate surface area is 142 Å². The molecule has 4 nitrogen and oxygen atoms in total. The molecule has 1 aromatic carbocycles. The Balaban J connectivity index is 1.62. The van der Waals surface area contributed by atoms with Crippen LogP contribution in [0.3, 0.4) is 0 Å². The number of fused-ring (bicyclic) bond motifs is 4. The molecule has 1 aromatic rings. The fraction of sp³-hybridized carbons (Fsp3) is 0.632. The number of rotatable bonds is 2. The van der Waals surface area contributed by atoms with E-state index in [1.807, 2.05) is 11.0 Å². The van der Waals surface area contributed by atoms with E-state index < -0.39 is 6.67 Å². The molecule has 5 heteroatoms. The fourth-order valence-electron chi connectivity index (χ4n) is 4.95. The van der Waals surface area contributed by atoms with E-state index in [-0.39, 0.29) is 11.9 Å². The molecule has 3 atom stereocenters. The highest BCUT2D eigenvalue weighted by atomic mass is 19.1. The summed E-state index contributed by atoms with van der Waals surface area (Å²) in [7, 11) is 1.70. The van der Waals surface area contributed by atoms with Gasteiger partial charge in [0.15, 0.2) is 6.67 Å². The van der Waals surface area contributed by atoms with Crippen molar-refractivity contribution in [1.29, 1.82) is 0 Å². The van der Waals surface area contributed by atoms with Crippen LogP contribution in [0, 0.1) is 5.92 Å². The highest BCUT2D eigenvalue weighted by Gasteiger charge is 2.43. The number of alkyl halides is 1. The van der Waals surface area contributed by atoms with E-state index in [0.717, 1.165) is 44.5 Å². The second-order valence-corrected chi connectivity index (χ2v) is 7.25. The number of carbonyl (C=O) groups is 1. The summed E-state index contributed by atoms with van der Waals surface area (Å²) in [5.41, 5.74) is 2.71. The van der Waals surface area contributed by atoms with Gasteiger partial charge in [-0.3, -0.25) is 9.69 Å². The zero-order valence-electron chi connectivity index (χ0n) is 14.2. The molecule has 130 valence electrons. The van der Waals surface area contributed by atoms with Crippen LogP contribution in [0.5, 0.6) is 5.75 Å². The van der Waals surface area contributed by atoms with Gasteiger partial charge in [0.2, 0.25) is 0 Å². The summed E-state index contributed by atoms with van der Waals surface area (Å²) in [5.74, 6) is 1.07. The van der Waals surface area contributed by atoms with Crippen LogP contribution in [0.4, 0.5) is 4.39 Å². The Morgan fingerprint density at radius 1 is 1.38 bits per heavy atom. The number of carbonyl (C=O) groups excluding carboxylic acids is 1. The van der Waals surface area contributed by atoms with E-state index in [0.29, 0.717) is 18.5 Å². The monoisotopic (exact) mass is 332 g/mol. The molecule has 1 amide bonds. The van der Waals surface area contributed by atoms with Crippen molar-refractivity contribution < 1.29 is 13.9 Å². The molecular formula is C19H25FN2O2. The Bertz CT molecular complexity index is 636. The summed E-state index contributed by atoms with van der Waals surface area (Å²) >= 11 is 0. The minimum Gasteiger partial charge on any atom is -0.497 e. The minimum atomic E-state index is -0.870. The van der Waals surface area contributed by atoms with Crippen LogP contribution >= 0.6 is 0 Å². The first kappa shape index (κ1) is 15.9. The first-order valence-corrected chi connectivity index (χ1v) is 8.97. The van der Waals surface area contributed by atoms with E-state index >= 15 is 0 Å². The molecule has 0 aromatic heterocycles. The number of hydrogen-bond acceptors (Lipinski definition) is 3. The molecule has 2 saturated heterocycles. The molecule has 3 unspecified atom stereocenters. The maximum Gasteiger partial charge on any atom is 0.254 e. The molecule has 0 radical (unpaired) electrons. The number of hydrogen-bond donors (Lipinski definition) is 0. The van der Waals surface area contributed by atoms with Crippen molar-refractivity contribution in [3.8, 4) is 5.75 Å². The number of piperidine rings is 2. The third kappa shape index (κ3) is 2.59. The second-order valence-electron chi connectivity index (χ2n) is 7.25. The van der Waals surface area contributed by atoms with Crippen molar-refractivity contribution in [3.05, 3.63) is 29.3 Å². The minimum absolute atomic E-state index is 0.191. The molecule has 0 saturated carbocycles. The third-order valence-corrected chi connectivity index (χ3v) is 6.11. The van der Waals surface area contributed by atoms with Crippen LogP contribution in [0.2, 0.25) is 0 Å². The molecule has 2 fully saturated rings. The van der Waals surface area contributed by atoms with Gasteiger partial charge >= 0.3 is 0 Å². The predicted molar refractivity (Wildman–Crippen MR) is 89.8 cm³/mol. The lowest BCUT2D eigenvalue weighted by molar-refractivity contribution is -0.140. The Hall–Kier alpha value is -1.62. The lowest BCUT2D eigenvalue weighted by atomic mass is 9.76. The fourth-order valence-corrected chi connectivity index (χ4v) is 4.95. The molecule has 0 spiro atoms. The summed E-state index contributed by atoms with van der Waals surface area (Å²) in [6.45, 7) is 1.93. The number of amides is 1. The van der Waals surface area contributed by atoms with E-state index in [2.05, 4.69) is 17.0 Å². The normalized spacial score (nSPS) is 29.4. The van der Waals surface area contributed by atoms with E-state index in [9.17, 15) is 9.18 Å². The summed E-state index contributed by atoms with van der Waals surface area (Å²) in [4.78, 5) is 16.4. The van der Waals surface area contributed by atoms with Gasteiger partial charge in [-0.15, -0.1) is 0 Å². The second kappa shape index (κ2) is 6.36. The van der Waals surface area contributed by atoms with Crippen molar-refractivity contribution in [1.82, 2.24) is 9.80 Å². The lowest BCUT2D eigenvalue weighted by Gasteiger charge is -2.52. The maximum absolute atomic E-state index is 13.0. The number of benzene rings is 1. The topological polar surface area (TPSA) is 32.8 Å². The highest BCUT2D eigenvalue weighted by molar-refractivity contribution is 5.77. The van der Waals surface area contributed by atoms with Crippen molar-refractivity contribution in [3.63, 3.8) is 0 Å². The summed E-state index contributed by atoms with van der Waals surface area (Å²) in [5, 5.41) is 0. The third-order valence-electron chi connectivity index (χ3n) is 6.11. The van der Waals surface area contributed by atoms with Crippen LogP contribution in [-0.4, -0.2) is 55.2 Å². The number of methoxy groups -OCH3 is 1. The number of likely N-dealkylation sites (tertiary alicyclic amines) is 1. The largest absolute Gasteiger partial charge is 0.497 e. The highest BCUT2D eigenvalue weighted by Crippen LogP contribution is 2.43. The average Bonchev–Trinajstić information content (AvgIpc) is 2.64. The van der Waals surface area contributed by atoms with Gasteiger partial charge in [0.1, 0.15) is 5.75 Å². The van der Waals surface area contributed by atoms with Crippen molar-refractivity contribution >= 4 is 5.91 Å².